The van der Waals surface area contributed by atoms with Crippen molar-refractivity contribution in [3.05, 3.63) is 35.6 Å². The quantitative estimate of drug-likeness (QED) is 0.730. The molecular weight excluding hydrogens is 255 g/mol. The minimum atomic E-state index is -0.157. The number of benzene rings is 1. The van der Waals surface area contributed by atoms with Crippen molar-refractivity contribution in [1.82, 2.24) is 10.2 Å². The number of halogens is 1. The van der Waals surface area contributed by atoms with Gasteiger partial charge in [-0.3, -0.25) is 0 Å². The van der Waals surface area contributed by atoms with Crippen LogP contribution in [0, 0.1) is 11.7 Å². The third-order valence-corrected chi connectivity index (χ3v) is 3.64. The van der Waals surface area contributed by atoms with Crippen LogP contribution in [0.1, 0.15) is 32.4 Å². The summed E-state index contributed by atoms with van der Waals surface area (Å²) in [6, 6.07) is 6.95. The lowest BCUT2D eigenvalue weighted by Gasteiger charge is -2.30. The summed E-state index contributed by atoms with van der Waals surface area (Å²) >= 11 is 0. The van der Waals surface area contributed by atoms with Crippen molar-refractivity contribution < 1.29 is 9.50 Å². The second-order valence-corrected chi connectivity index (χ2v) is 5.15. The summed E-state index contributed by atoms with van der Waals surface area (Å²) in [6.45, 7) is 9.59. The smallest absolute Gasteiger partial charge is 0.127 e. The van der Waals surface area contributed by atoms with Crippen molar-refractivity contribution in [2.45, 2.75) is 26.8 Å². The second kappa shape index (κ2) is 9.06. The van der Waals surface area contributed by atoms with Gasteiger partial charge >= 0.3 is 0 Å². The van der Waals surface area contributed by atoms with E-state index in [4.69, 9.17) is 5.11 Å². The summed E-state index contributed by atoms with van der Waals surface area (Å²) in [6.07, 6.45) is 0. The van der Waals surface area contributed by atoms with Crippen LogP contribution in [-0.4, -0.2) is 42.8 Å². The van der Waals surface area contributed by atoms with Gasteiger partial charge in [-0.05, 0) is 25.1 Å². The van der Waals surface area contributed by atoms with Crippen molar-refractivity contribution in [2.75, 3.05) is 32.8 Å². The maximum Gasteiger partial charge on any atom is 0.127 e. The summed E-state index contributed by atoms with van der Waals surface area (Å²) in [7, 11) is 0. The lowest BCUT2D eigenvalue weighted by atomic mass is 9.93. The van der Waals surface area contributed by atoms with E-state index in [2.05, 4.69) is 24.1 Å². The molecule has 0 saturated heterocycles. The molecule has 0 aliphatic carbocycles. The van der Waals surface area contributed by atoms with Crippen LogP contribution in [0.4, 0.5) is 4.39 Å². The van der Waals surface area contributed by atoms with Crippen LogP contribution in [0.25, 0.3) is 0 Å². The number of aliphatic hydroxyl groups excluding tert-OH is 1. The lowest BCUT2D eigenvalue weighted by Crippen LogP contribution is -2.37. The summed E-state index contributed by atoms with van der Waals surface area (Å²) in [5.41, 5.74) is 0.724. The number of aliphatic hydroxyl groups is 1. The zero-order valence-corrected chi connectivity index (χ0v) is 12.8. The number of nitrogens with zero attached hydrogens (tertiary/aromatic N) is 1. The second-order valence-electron chi connectivity index (χ2n) is 5.15. The molecule has 0 radical (unpaired) electrons. The average Bonchev–Trinajstić information content (AvgIpc) is 2.45. The van der Waals surface area contributed by atoms with Crippen molar-refractivity contribution >= 4 is 0 Å². The average molecular weight is 282 g/mol. The number of hydrogen-bond acceptors (Lipinski definition) is 3. The third-order valence-electron chi connectivity index (χ3n) is 3.64. The molecule has 0 bridgehead atoms. The molecule has 0 spiro atoms. The molecule has 2 atom stereocenters. The van der Waals surface area contributed by atoms with Crippen LogP contribution < -0.4 is 5.32 Å². The maximum atomic E-state index is 14.0. The SMILES string of the molecule is CCNC(c1ccccc1F)C(C)CN(CC)CCO. The Kier molecular flexibility index (Phi) is 7.73. The van der Waals surface area contributed by atoms with Crippen molar-refractivity contribution in [3.63, 3.8) is 0 Å². The standard InChI is InChI=1S/C16H27FN2O/c1-4-18-16(14-8-6-7-9-15(14)17)13(3)12-19(5-2)10-11-20/h6-9,13,16,18,20H,4-5,10-12H2,1-3H3. The van der Waals surface area contributed by atoms with E-state index in [1.165, 1.54) is 6.07 Å². The number of nitrogens with one attached hydrogen (secondary N) is 1. The highest BCUT2D eigenvalue weighted by molar-refractivity contribution is 5.22. The molecule has 1 rings (SSSR count). The van der Waals surface area contributed by atoms with Crippen LogP contribution in [0.5, 0.6) is 0 Å². The van der Waals surface area contributed by atoms with E-state index in [1.54, 1.807) is 6.07 Å². The van der Waals surface area contributed by atoms with E-state index in [-0.39, 0.29) is 24.4 Å². The van der Waals surface area contributed by atoms with Crippen LogP contribution in [-0.2, 0) is 0 Å². The molecule has 3 nitrogen and oxygen atoms in total. The Bertz CT molecular complexity index is 386. The van der Waals surface area contributed by atoms with Gasteiger partial charge in [-0.1, -0.05) is 39.0 Å². The Labute approximate surface area is 121 Å². The first-order valence-corrected chi connectivity index (χ1v) is 7.45. The van der Waals surface area contributed by atoms with Gasteiger partial charge in [0.15, 0.2) is 0 Å². The Morgan fingerprint density at radius 1 is 1.30 bits per heavy atom. The minimum absolute atomic E-state index is 0.00561. The van der Waals surface area contributed by atoms with Gasteiger partial charge in [0.05, 0.1) is 6.61 Å². The Morgan fingerprint density at radius 2 is 2.00 bits per heavy atom. The predicted octanol–water partition coefficient (Wildman–Crippen LogP) is 2.43. The first-order valence-electron chi connectivity index (χ1n) is 7.45. The fourth-order valence-corrected chi connectivity index (χ4v) is 2.60. The van der Waals surface area contributed by atoms with E-state index in [1.807, 2.05) is 19.1 Å². The first kappa shape index (κ1) is 17.1. The number of hydrogen-bond donors (Lipinski definition) is 2. The van der Waals surface area contributed by atoms with E-state index < -0.39 is 0 Å². The molecule has 0 aliphatic rings. The molecule has 114 valence electrons. The maximum absolute atomic E-state index is 14.0. The zero-order valence-electron chi connectivity index (χ0n) is 12.8. The monoisotopic (exact) mass is 282 g/mol. The lowest BCUT2D eigenvalue weighted by molar-refractivity contribution is 0.171. The van der Waals surface area contributed by atoms with Crippen LogP contribution in [0.3, 0.4) is 0 Å². The van der Waals surface area contributed by atoms with Gasteiger partial charge in [0.25, 0.3) is 0 Å². The van der Waals surface area contributed by atoms with E-state index in [0.29, 0.717) is 6.54 Å². The Morgan fingerprint density at radius 3 is 2.55 bits per heavy atom. The van der Waals surface area contributed by atoms with Gasteiger partial charge < -0.3 is 15.3 Å². The zero-order chi connectivity index (χ0) is 15.0. The van der Waals surface area contributed by atoms with Crippen molar-refractivity contribution in [2.24, 2.45) is 5.92 Å². The van der Waals surface area contributed by atoms with Crippen LogP contribution >= 0.6 is 0 Å². The van der Waals surface area contributed by atoms with Gasteiger partial charge in [0, 0.05) is 24.7 Å². The highest BCUT2D eigenvalue weighted by atomic mass is 19.1. The van der Waals surface area contributed by atoms with E-state index in [9.17, 15) is 4.39 Å². The largest absolute Gasteiger partial charge is 0.395 e. The molecule has 0 aromatic heterocycles. The molecule has 1 aromatic carbocycles. The van der Waals surface area contributed by atoms with E-state index in [0.717, 1.165) is 25.2 Å². The van der Waals surface area contributed by atoms with Crippen LogP contribution in [0.2, 0.25) is 0 Å². The van der Waals surface area contributed by atoms with Gasteiger partial charge in [-0.25, -0.2) is 4.39 Å². The summed E-state index contributed by atoms with van der Waals surface area (Å²) in [5.74, 6) is 0.105. The predicted molar refractivity (Wildman–Crippen MR) is 81.2 cm³/mol. The molecule has 0 heterocycles. The number of likely N-dealkylation sites (N-methyl/N-ethyl adjacent to an activating group) is 1. The van der Waals surface area contributed by atoms with Gasteiger partial charge in [0.1, 0.15) is 5.82 Å². The summed E-state index contributed by atoms with van der Waals surface area (Å²) < 4.78 is 14.0. The highest BCUT2D eigenvalue weighted by Gasteiger charge is 2.22. The third kappa shape index (κ3) is 4.85. The molecule has 4 heteroatoms. The Balaban J connectivity index is 2.82. The summed E-state index contributed by atoms with van der Waals surface area (Å²) in [5, 5.41) is 12.4. The highest BCUT2D eigenvalue weighted by Crippen LogP contribution is 2.25. The molecule has 0 amide bonds. The fraction of sp³-hybridized carbons (Fsp3) is 0.625. The molecule has 20 heavy (non-hydrogen) atoms. The van der Waals surface area contributed by atoms with Gasteiger partial charge in [-0.15, -0.1) is 0 Å². The molecule has 1 aromatic rings. The van der Waals surface area contributed by atoms with Crippen molar-refractivity contribution in [3.8, 4) is 0 Å². The summed E-state index contributed by atoms with van der Waals surface area (Å²) in [4.78, 5) is 2.19. The van der Waals surface area contributed by atoms with Crippen molar-refractivity contribution in [1.29, 1.82) is 0 Å². The molecule has 2 N–H and O–H groups in total. The normalized spacial score (nSPS) is 14.5. The van der Waals surface area contributed by atoms with Gasteiger partial charge in [0.2, 0.25) is 0 Å². The topological polar surface area (TPSA) is 35.5 Å². The molecule has 0 fully saturated rings. The first-order chi connectivity index (χ1) is 9.63. The molecule has 0 aliphatic heterocycles. The van der Waals surface area contributed by atoms with Gasteiger partial charge in [-0.2, -0.15) is 0 Å². The minimum Gasteiger partial charge on any atom is -0.395 e. The molecular formula is C16H27FN2O. The number of rotatable bonds is 9. The fourth-order valence-electron chi connectivity index (χ4n) is 2.60. The van der Waals surface area contributed by atoms with Crippen LogP contribution in [0.15, 0.2) is 24.3 Å². The molecule has 0 saturated carbocycles. The molecule has 2 unspecified atom stereocenters. The Hall–Kier alpha value is -0.970. The van der Waals surface area contributed by atoms with E-state index >= 15 is 0 Å².